The number of hydrogen-bond donors (Lipinski definition) is 1. The van der Waals surface area contributed by atoms with Gasteiger partial charge in [0, 0.05) is 13.1 Å². The average Bonchev–Trinajstić information content (AvgIpc) is 3.09. The van der Waals surface area contributed by atoms with Gasteiger partial charge in [-0.25, -0.2) is 0 Å². The van der Waals surface area contributed by atoms with E-state index in [9.17, 15) is 0 Å². The summed E-state index contributed by atoms with van der Waals surface area (Å²) in [5.41, 5.74) is 0. The molecule has 2 aromatic rings. The van der Waals surface area contributed by atoms with Crippen LogP contribution in [-0.2, 0) is 11.3 Å². The third-order valence-electron chi connectivity index (χ3n) is 2.99. The Kier molecular flexibility index (Phi) is 3.58. The van der Waals surface area contributed by atoms with Gasteiger partial charge in [0.15, 0.2) is 11.6 Å². The van der Waals surface area contributed by atoms with Crippen LogP contribution in [0.2, 0.25) is 0 Å². The van der Waals surface area contributed by atoms with Crippen LogP contribution in [0.25, 0.3) is 11.7 Å². The smallest absolute Gasteiger partial charge is 0.293 e. The van der Waals surface area contributed by atoms with E-state index in [1.54, 1.807) is 18.4 Å². The molecular formula is C12H15N3O4. The van der Waals surface area contributed by atoms with Gasteiger partial charge in [0.05, 0.1) is 32.1 Å². The third kappa shape index (κ3) is 2.83. The molecule has 1 fully saturated rings. The van der Waals surface area contributed by atoms with Crippen molar-refractivity contribution in [2.45, 2.75) is 12.6 Å². The number of morpholine rings is 1. The Bertz CT molecular complexity index is 511. The van der Waals surface area contributed by atoms with E-state index in [0.29, 0.717) is 37.2 Å². The summed E-state index contributed by atoms with van der Waals surface area (Å²) >= 11 is 0. The second-order valence-electron chi connectivity index (χ2n) is 4.40. The number of ether oxygens (including phenoxy) is 1. The minimum Gasteiger partial charge on any atom is -0.459 e. The number of nitrogens with zero attached hydrogens (tertiary/aromatic N) is 3. The summed E-state index contributed by atoms with van der Waals surface area (Å²) in [5, 5.41) is 13.0. The molecule has 102 valence electrons. The molecule has 0 aliphatic carbocycles. The molecule has 0 amide bonds. The number of rotatable bonds is 4. The summed E-state index contributed by atoms with van der Waals surface area (Å²) in [5.74, 6) is 1.55. The zero-order valence-corrected chi connectivity index (χ0v) is 10.4. The molecule has 0 radical (unpaired) electrons. The lowest BCUT2D eigenvalue weighted by atomic mass is 10.3. The lowest BCUT2D eigenvalue weighted by Gasteiger charge is -2.30. The predicted octanol–water partition coefficient (Wildman–Crippen LogP) is 0.523. The largest absolute Gasteiger partial charge is 0.459 e. The molecule has 1 atom stereocenters. The maximum Gasteiger partial charge on any atom is 0.293 e. The quantitative estimate of drug-likeness (QED) is 0.862. The summed E-state index contributed by atoms with van der Waals surface area (Å²) in [6, 6.07) is 3.54. The molecular weight excluding hydrogens is 250 g/mol. The monoisotopic (exact) mass is 265 g/mol. The molecule has 1 aliphatic rings. The first kappa shape index (κ1) is 12.3. The Labute approximate surface area is 109 Å². The molecule has 7 nitrogen and oxygen atoms in total. The van der Waals surface area contributed by atoms with Gasteiger partial charge in [0.2, 0.25) is 0 Å². The normalized spacial score (nSPS) is 20.8. The second kappa shape index (κ2) is 5.52. The highest BCUT2D eigenvalue weighted by atomic mass is 16.5. The number of hydrogen-bond acceptors (Lipinski definition) is 7. The highest BCUT2D eigenvalue weighted by molar-refractivity contribution is 5.42. The fourth-order valence-corrected chi connectivity index (χ4v) is 2.05. The fraction of sp³-hybridized carbons (Fsp3) is 0.500. The van der Waals surface area contributed by atoms with Crippen molar-refractivity contribution in [3.05, 3.63) is 24.2 Å². The van der Waals surface area contributed by atoms with E-state index < -0.39 is 0 Å². The van der Waals surface area contributed by atoms with Crippen LogP contribution in [0.5, 0.6) is 0 Å². The van der Waals surface area contributed by atoms with Gasteiger partial charge >= 0.3 is 0 Å². The summed E-state index contributed by atoms with van der Waals surface area (Å²) in [7, 11) is 0. The van der Waals surface area contributed by atoms with Crippen LogP contribution in [0.1, 0.15) is 5.82 Å². The van der Waals surface area contributed by atoms with Gasteiger partial charge in [-0.1, -0.05) is 5.16 Å². The van der Waals surface area contributed by atoms with E-state index in [1.165, 1.54) is 0 Å². The highest BCUT2D eigenvalue weighted by Crippen LogP contribution is 2.18. The minimum atomic E-state index is -0.134. The van der Waals surface area contributed by atoms with Gasteiger partial charge in [-0.3, -0.25) is 4.90 Å². The lowest BCUT2D eigenvalue weighted by Crippen LogP contribution is -2.43. The van der Waals surface area contributed by atoms with Crippen LogP contribution in [0.3, 0.4) is 0 Å². The molecule has 3 rings (SSSR count). The maximum atomic E-state index is 9.09. The standard InChI is InChI=1S/C12H15N3O4/c16-8-9-6-15(3-5-17-9)7-11-13-12(19-14-11)10-2-1-4-18-10/h1-2,4,9,16H,3,5-8H2. The molecule has 3 heterocycles. The van der Waals surface area contributed by atoms with Crippen LogP contribution in [0.15, 0.2) is 27.3 Å². The molecule has 1 N–H and O–H groups in total. The van der Waals surface area contributed by atoms with Crippen molar-refractivity contribution < 1.29 is 18.8 Å². The van der Waals surface area contributed by atoms with Crippen molar-refractivity contribution in [3.8, 4) is 11.7 Å². The van der Waals surface area contributed by atoms with Crippen molar-refractivity contribution in [2.75, 3.05) is 26.3 Å². The van der Waals surface area contributed by atoms with Gasteiger partial charge in [0.1, 0.15) is 0 Å². The Morgan fingerprint density at radius 3 is 3.21 bits per heavy atom. The van der Waals surface area contributed by atoms with Crippen LogP contribution in [-0.4, -0.2) is 52.6 Å². The molecule has 0 bridgehead atoms. The van der Waals surface area contributed by atoms with Crippen LogP contribution in [0.4, 0.5) is 0 Å². The SMILES string of the molecule is OCC1CN(Cc2noc(-c3ccco3)n2)CCO1. The van der Waals surface area contributed by atoms with E-state index in [-0.39, 0.29) is 12.7 Å². The van der Waals surface area contributed by atoms with Crippen LogP contribution in [0, 0.1) is 0 Å². The first-order valence-corrected chi connectivity index (χ1v) is 6.16. The van der Waals surface area contributed by atoms with Gasteiger partial charge < -0.3 is 18.8 Å². The van der Waals surface area contributed by atoms with Gasteiger partial charge in [-0.15, -0.1) is 0 Å². The molecule has 19 heavy (non-hydrogen) atoms. The fourth-order valence-electron chi connectivity index (χ4n) is 2.05. The first-order valence-electron chi connectivity index (χ1n) is 6.16. The Balaban J connectivity index is 1.64. The van der Waals surface area contributed by atoms with Gasteiger partial charge in [-0.2, -0.15) is 4.98 Å². The maximum absolute atomic E-state index is 9.09. The molecule has 1 saturated heterocycles. The summed E-state index contributed by atoms with van der Waals surface area (Å²) in [6.07, 6.45) is 1.43. The number of aromatic nitrogens is 2. The first-order chi connectivity index (χ1) is 9.35. The second-order valence-corrected chi connectivity index (χ2v) is 4.40. The molecule has 0 saturated carbocycles. The Morgan fingerprint density at radius 2 is 2.42 bits per heavy atom. The van der Waals surface area contributed by atoms with Crippen molar-refractivity contribution in [3.63, 3.8) is 0 Å². The topological polar surface area (TPSA) is 84.8 Å². The van der Waals surface area contributed by atoms with Gasteiger partial charge in [-0.05, 0) is 12.1 Å². The number of aliphatic hydroxyl groups excluding tert-OH is 1. The van der Waals surface area contributed by atoms with Crippen LogP contribution >= 0.6 is 0 Å². The van der Waals surface area contributed by atoms with Crippen molar-refractivity contribution in [1.29, 1.82) is 0 Å². The zero-order valence-electron chi connectivity index (χ0n) is 10.4. The van der Waals surface area contributed by atoms with Gasteiger partial charge in [0.25, 0.3) is 5.89 Å². The highest BCUT2D eigenvalue weighted by Gasteiger charge is 2.21. The molecule has 7 heteroatoms. The molecule has 0 spiro atoms. The van der Waals surface area contributed by atoms with E-state index in [4.69, 9.17) is 18.8 Å². The summed E-state index contributed by atoms with van der Waals surface area (Å²) < 4.78 is 15.7. The summed E-state index contributed by atoms with van der Waals surface area (Å²) in [6.45, 7) is 2.67. The minimum absolute atomic E-state index is 0.0282. The number of furan rings is 1. The van der Waals surface area contributed by atoms with Crippen molar-refractivity contribution in [1.82, 2.24) is 15.0 Å². The molecule has 0 aromatic carbocycles. The van der Waals surface area contributed by atoms with E-state index in [1.807, 2.05) is 0 Å². The van der Waals surface area contributed by atoms with E-state index in [2.05, 4.69) is 15.0 Å². The van der Waals surface area contributed by atoms with Crippen molar-refractivity contribution in [2.24, 2.45) is 0 Å². The predicted molar refractivity (Wildman–Crippen MR) is 64.1 cm³/mol. The lowest BCUT2D eigenvalue weighted by molar-refractivity contribution is -0.0558. The zero-order chi connectivity index (χ0) is 13.1. The molecule has 1 aliphatic heterocycles. The average molecular weight is 265 g/mol. The van der Waals surface area contributed by atoms with Crippen LogP contribution < -0.4 is 0 Å². The Morgan fingerprint density at radius 1 is 1.47 bits per heavy atom. The van der Waals surface area contributed by atoms with E-state index in [0.717, 1.165) is 6.54 Å². The van der Waals surface area contributed by atoms with Crippen molar-refractivity contribution >= 4 is 0 Å². The molecule has 2 aromatic heterocycles. The number of aliphatic hydroxyl groups is 1. The third-order valence-corrected chi connectivity index (χ3v) is 2.99. The Hall–Kier alpha value is -1.70. The van der Waals surface area contributed by atoms with E-state index >= 15 is 0 Å². The summed E-state index contributed by atoms with van der Waals surface area (Å²) in [4.78, 5) is 6.41. The molecule has 1 unspecified atom stereocenters.